The van der Waals surface area contributed by atoms with E-state index in [0.717, 1.165) is 60.1 Å². The number of rotatable bonds is 18. The predicted octanol–water partition coefficient (Wildman–Crippen LogP) is 2.07. The summed E-state index contributed by atoms with van der Waals surface area (Å²) in [6.07, 6.45) is 3.25. The standard InChI is InChI=1S/C19H48N2O6Si2/c1-20(2,16-12-18-28(22-5,23-6)24-7)14-11-15-21(3,4)17-13-19-29(25-8,26-9)27-10/h11-19H2,1-10H3/q+2. The van der Waals surface area contributed by atoms with E-state index in [2.05, 4.69) is 28.2 Å². The van der Waals surface area contributed by atoms with Crippen LogP contribution < -0.4 is 0 Å². The van der Waals surface area contributed by atoms with Gasteiger partial charge in [0.15, 0.2) is 0 Å². The Morgan fingerprint density at radius 2 is 0.690 bits per heavy atom. The van der Waals surface area contributed by atoms with E-state index < -0.39 is 17.6 Å². The zero-order chi connectivity index (χ0) is 22.6. The molecule has 0 heterocycles. The molecule has 0 aliphatic heterocycles. The first-order valence-electron chi connectivity index (χ1n) is 10.4. The fraction of sp³-hybridized carbons (Fsp3) is 1.00. The van der Waals surface area contributed by atoms with Crippen LogP contribution in [0.15, 0.2) is 0 Å². The fourth-order valence-corrected chi connectivity index (χ4v) is 7.12. The Morgan fingerprint density at radius 3 is 0.931 bits per heavy atom. The lowest BCUT2D eigenvalue weighted by molar-refractivity contribution is -0.909. The van der Waals surface area contributed by atoms with Crippen molar-refractivity contribution in [2.45, 2.75) is 31.4 Å². The van der Waals surface area contributed by atoms with Crippen LogP contribution in [-0.2, 0) is 26.6 Å². The van der Waals surface area contributed by atoms with Gasteiger partial charge in [-0.3, -0.25) is 0 Å². The van der Waals surface area contributed by atoms with Gasteiger partial charge in [-0.25, -0.2) is 0 Å². The predicted molar refractivity (Wildman–Crippen MR) is 121 cm³/mol. The molecule has 0 bridgehead atoms. The second kappa shape index (κ2) is 13.5. The van der Waals surface area contributed by atoms with Gasteiger partial charge in [0, 0.05) is 74.0 Å². The average Bonchev–Trinajstić information content (AvgIpc) is 2.69. The lowest BCUT2D eigenvalue weighted by Crippen LogP contribution is -2.48. The zero-order valence-corrected chi connectivity index (χ0v) is 22.7. The molecule has 0 N–H and O–H groups in total. The normalized spacial score (nSPS) is 13.9. The van der Waals surface area contributed by atoms with Crippen LogP contribution in [0.25, 0.3) is 0 Å². The van der Waals surface area contributed by atoms with E-state index in [0.29, 0.717) is 0 Å². The Labute approximate surface area is 181 Å². The van der Waals surface area contributed by atoms with Crippen molar-refractivity contribution in [2.75, 3.05) is 97.0 Å². The van der Waals surface area contributed by atoms with Gasteiger partial charge in [0.05, 0.1) is 54.4 Å². The first kappa shape index (κ1) is 29.1. The molecule has 0 spiro atoms. The third-order valence-electron chi connectivity index (χ3n) is 5.89. The van der Waals surface area contributed by atoms with E-state index in [1.165, 1.54) is 6.42 Å². The zero-order valence-electron chi connectivity index (χ0n) is 20.7. The van der Waals surface area contributed by atoms with Gasteiger partial charge in [-0.15, -0.1) is 0 Å². The first-order valence-corrected chi connectivity index (χ1v) is 14.3. The molecular weight excluding hydrogens is 408 g/mol. The molecule has 8 nitrogen and oxygen atoms in total. The summed E-state index contributed by atoms with van der Waals surface area (Å²) in [5, 5.41) is 0. The van der Waals surface area contributed by atoms with Crippen LogP contribution in [0.4, 0.5) is 0 Å². The Kier molecular flexibility index (Phi) is 13.6. The molecule has 0 saturated heterocycles. The minimum atomic E-state index is -2.46. The largest absolute Gasteiger partial charge is 0.500 e. The highest BCUT2D eigenvalue weighted by molar-refractivity contribution is 6.60. The number of hydrogen-bond donors (Lipinski definition) is 0. The summed E-state index contributed by atoms with van der Waals surface area (Å²) >= 11 is 0. The number of hydrogen-bond acceptors (Lipinski definition) is 6. The molecule has 0 atom stereocenters. The van der Waals surface area contributed by atoms with Gasteiger partial charge in [0.1, 0.15) is 0 Å². The van der Waals surface area contributed by atoms with E-state index >= 15 is 0 Å². The van der Waals surface area contributed by atoms with Crippen molar-refractivity contribution in [3.63, 3.8) is 0 Å². The maximum absolute atomic E-state index is 5.52. The second-order valence-corrected chi connectivity index (χ2v) is 15.1. The minimum absolute atomic E-state index is 0.851. The van der Waals surface area contributed by atoms with Crippen molar-refractivity contribution in [1.82, 2.24) is 0 Å². The third-order valence-corrected chi connectivity index (χ3v) is 11.5. The molecule has 176 valence electrons. The molecule has 0 saturated carbocycles. The molecule has 0 aliphatic carbocycles. The molecule has 0 aromatic carbocycles. The van der Waals surface area contributed by atoms with Crippen molar-refractivity contribution >= 4 is 17.6 Å². The maximum Gasteiger partial charge on any atom is 0.500 e. The van der Waals surface area contributed by atoms with Gasteiger partial charge in [-0.2, -0.15) is 0 Å². The van der Waals surface area contributed by atoms with Crippen molar-refractivity contribution in [3.8, 4) is 0 Å². The summed E-state index contributed by atoms with van der Waals surface area (Å²) in [6.45, 7) is 4.47. The summed E-state index contributed by atoms with van der Waals surface area (Å²) in [5.74, 6) is 0. The monoisotopic (exact) mass is 456 g/mol. The lowest BCUT2D eigenvalue weighted by Gasteiger charge is -2.34. The molecule has 0 aromatic rings. The van der Waals surface area contributed by atoms with Gasteiger partial charge >= 0.3 is 17.6 Å². The van der Waals surface area contributed by atoms with E-state index in [1.54, 1.807) is 42.7 Å². The van der Waals surface area contributed by atoms with Crippen LogP contribution in [-0.4, -0.2) is 124 Å². The van der Waals surface area contributed by atoms with Gasteiger partial charge in [-0.1, -0.05) is 0 Å². The van der Waals surface area contributed by atoms with Crippen molar-refractivity contribution in [1.29, 1.82) is 0 Å². The highest BCUT2D eigenvalue weighted by Crippen LogP contribution is 2.18. The lowest BCUT2D eigenvalue weighted by atomic mass is 10.2. The smallest absolute Gasteiger partial charge is 0.377 e. The molecule has 0 radical (unpaired) electrons. The van der Waals surface area contributed by atoms with Crippen LogP contribution >= 0.6 is 0 Å². The third kappa shape index (κ3) is 10.8. The van der Waals surface area contributed by atoms with Gasteiger partial charge in [-0.05, 0) is 0 Å². The Bertz CT molecular complexity index is 378. The van der Waals surface area contributed by atoms with Crippen LogP contribution in [0.3, 0.4) is 0 Å². The summed E-state index contributed by atoms with van der Waals surface area (Å²) < 4.78 is 35.1. The molecule has 29 heavy (non-hydrogen) atoms. The summed E-state index contributed by atoms with van der Waals surface area (Å²) in [6, 6.07) is 1.70. The molecule has 0 aliphatic rings. The van der Waals surface area contributed by atoms with E-state index in [4.69, 9.17) is 26.6 Å². The molecule has 0 fully saturated rings. The number of quaternary nitrogens is 2. The Balaban J connectivity index is 4.32. The summed E-state index contributed by atoms with van der Waals surface area (Å²) in [4.78, 5) is 0. The quantitative estimate of drug-likeness (QED) is 0.232. The maximum atomic E-state index is 5.52. The summed E-state index contributed by atoms with van der Waals surface area (Å²) in [5.41, 5.74) is 0. The van der Waals surface area contributed by atoms with Crippen molar-refractivity contribution in [2.24, 2.45) is 0 Å². The SMILES string of the molecule is CO[Si](CCC[N+](C)(C)CCC[N+](C)(C)CCC[Si](OC)(OC)OC)(OC)OC. The first-order chi connectivity index (χ1) is 13.5. The van der Waals surface area contributed by atoms with E-state index in [-0.39, 0.29) is 0 Å². The highest BCUT2D eigenvalue weighted by Gasteiger charge is 2.38. The Hall–Kier alpha value is 0.114. The molecule has 0 amide bonds. The molecule has 0 rings (SSSR count). The highest BCUT2D eigenvalue weighted by atomic mass is 28.4. The van der Waals surface area contributed by atoms with Crippen LogP contribution in [0.5, 0.6) is 0 Å². The minimum Gasteiger partial charge on any atom is -0.377 e. The van der Waals surface area contributed by atoms with Gasteiger partial charge in [0.2, 0.25) is 0 Å². The topological polar surface area (TPSA) is 55.4 Å². The summed E-state index contributed by atoms with van der Waals surface area (Å²) in [7, 11) is 14.3. The fourth-order valence-electron chi connectivity index (χ4n) is 3.71. The van der Waals surface area contributed by atoms with Crippen LogP contribution in [0.2, 0.25) is 12.1 Å². The van der Waals surface area contributed by atoms with Crippen molar-refractivity contribution < 1.29 is 35.5 Å². The van der Waals surface area contributed by atoms with E-state index in [1.807, 2.05) is 0 Å². The number of nitrogens with zero attached hydrogens (tertiary/aromatic N) is 2. The second-order valence-electron chi connectivity index (χ2n) is 8.92. The Morgan fingerprint density at radius 1 is 0.448 bits per heavy atom. The molecule has 0 unspecified atom stereocenters. The van der Waals surface area contributed by atoms with Crippen LogP contribution in [0.1, 0.15) is 19.3 Å². The average molecular weight is 457 g/mol. The molecular formula is C19H48N2O6Si2+2. The molecule has 10 heteroatoms. The van der Waals surface area contributed by atoms with Crippen LogP contribution in [0, 0.1) is 0 Å². The van der Waals surface area contributed by atoms with Gasteiger partial charge < -0.3 is 35.5 Å². The van der Waals surface area contributed by atoms with Gasteiger partial charge in [0.25, 0.3) is 0 Å². The molecule has 0 aromatic heterocycles. The van der Waals surface area contributed by atoms with E-state index in [9.17, 15) is 0 Å². The van der Waals surface area contributed by atoms with Crippen molar-refractivity contribution in [3.05, 3.63) is 0 Å².